The van der Waals surface area contributed by atoms with Gasteiger partial charge in [0.15, 0.2) is 0 Å². The zero-order valence-corrected chi connectivity index (χ0v) is 27.4. The van der Waals surface area contributed by atoms with E-state index in [1.165, 1.54) is 16.3 Å². The van der Waals surface area contributed by atoms with Crippen LogP contribution in [0.2, 0.25) is 0 Å². The average molecular weight is 647 g/mol. The van der Waals surface area contributed by atoms with Crippen LogP contribution in [0.4, 0.5) is 0 Å². The molecule has 2 aromatic carbocycles. The second kappa shape index (κ2) is 10.6. The lowest BCUT2D eigenvalue weighted by molar-refractivity contribution is -0.141. The van der Waals surface area contributed by atoms with E-state index < -0.39 is 27.1 Å². The van der Waals surface area contributed by atoms with Gasteiger partial charge in [-0.3, -0.25) is 9.59 Å². The van der Waals surface area contributed by atoms with Crippen molar-refractivity contribution in [2.24, 2.45) is 5.41 Å². The maximum atomic E-state index is 14.6. The highest BCUT2D eigenvalue weighted by Crippen LogP contribution is 2.66. The minimum absolute atomic E-state index is 0.0194. The summed E-state index contributed by atoms with van der Waals surface area (Å²) in [7, 11) is -2.20. The van der Waals surface area contributed by atoms with E-state index in [9.17, 15) is 23.1 Å². The van der Waals surface area contributed by atoms with E-state index in [1.807, 2.05) is 30.0 Å². The maximum Gasteiger partial charge on any atom is 0.304 e. The smallest absolute Gasteiger partial charge is 0.304 e. The number of methoxy groups -OCH3 is 1. The molecule has 10 nitrogen and oxygen atoms in total. The van der Waals surface area contributed by atoms with E-state index in [0.717, 1.165) is 59.2 Å². The van der Waals surface area contributed by atoms with E-state index in [0.29, 0.717) is 57.9 Å². The molecule has 4 fully saturated rings. The lowest BCUT2D eigenvalue weighted by Crippen LogP contribution is -2.48. The molecule has 2 amide bonds. The first-order valence-corrected chi connectivity index (χ1v) is 18.1. The van der Waals surface area contributed by atoms with Gasteiger partial charge in [-0.25, -0.2) is 4.72 Å². The van der Waals surface area contributed by atoms with Gasteiger partial charge in [0.05, 0.1) is 23.8 Å². The van der Waals surface area contributed by atoms with Crippen molar-refractivity contribution in [3.05, 3.63) is 53.1 Å². The summed E-state index contributed by atoms with van der Waals surface area (Å²) < 4.78 is 36.6. The zero-order valence-electron chi connectivity index (χ0n) is 26.5. The normalized spacial score (nSPS) is 25.6. The Labute approximate surface area is 269 Å². The largest absolute Gasteiger partial charge is 0.497 e. The number of hydrogen-bond donors (Lipinski definition) is 2. The van der Waals surface area contributed by atoms with Gasteiger partial charge in [0.25, 0.3) is 5.91 Å². The third-order valence-electron chi connectivity index (χ3n) is 11.3. The molecule has 5 aliphatic rings. The number of nitrogens with one attached hydrogen (secondary N) is 1. The first-order chi connectivity index (χ1) is 22.0. The number of carbonyl (C=O) groups excluding carboxylic acids is 2. The molecule has 3 aromatic rings. The van der Waals surface area contributed by atoms with Crippen LogP contribution in [0.3, 0.4) is 0 Å². The van der Waals surface area contributed by atoms with Gasteiger partial charge in [-0.05, 0) is 86.4 Å². The summed E-state index contributed by atoms with van der Waals surface area (Å²) in [6, 6.07) is 11.8. The predicted octanol–water partition coefficient (Wildman–Crippen LogP) is 4.52. The van der Waals surface area contributed by atoms with Crippen LogP contribution in [-0.4, -0.2) is 78.0 Å². The lowest BCUT2D eigenvalue weighted by Gasteiger charge is -2.38. The molecule has 8 rings (SSSR count). The fourth-order valence-electron chi connectivity index (χ4n) is 8.45. The van der Waals surface area contributed by atoms with E-state index >= 15 is 0 Å². The van der Waals surface area contributed by atoms with Crippen molar-refractivity contribution in [2.45, 2.75) is 82.3 Å². The predicted molar refractivity (Wildman–Crippen MR) is 174 cm³/mol. The summed E-state index contributed by atoms with van der Waals surface area (Å²) in [5, 5.41) is 11.7. The van der Waals surface area contributed by atoms with Crippen LogP contribution in [-0.2, 0) is 21.5 Å². The Morgan fingerprint density at radius 3 is 2.43 bits per heavy atom. The second-order valence-corrected chi connectivity index (χ2v) is 16.1. The number of aromatic nitrogens is 1. The van der Waals surface area contributed by atoms with Crippen LogP contribution in [0, 0.1) is 5.41 Å². The zero-order chi connectivity index (χ0) is 32.0. The van der Waals surface area contributed by atoms with Crippen LogP contribution in [0.1, 0.15) is 91.6 Å². The number of amides is 2. The molecule has 2 saturated carbocycles. The molecule has 2 aliphatic carbocycles. The van der Waals surface area contributed by atoms with E-state index in [1.54, 1.807) is 13.2 Å². The van der Waals surface area contributed by atoms with E-state index in [4.69, 9.17) is 4.74 Å². The quantitative estimate of drug-likeness (QED) is 0.380. The molecule has 244 valence electrons. The van der Waals surface area contributed by atoms with Gasteiger partial charge in [0, 0.05) is 60.7 Å². The molecule has 11 heteroatoms. The van der Waals surface area contributed by atoms with Gasteiger partial charge in [0.2, 0.25) is 5.91 Å². The molecular weight excluding hydrogens is 604 g/mol. The molecule has 1 aromatic heterocycles. The number of hydrogen-bond acceptors (Lipinski definition) is 6. The number of piperidine rings is 1. The summed E-state index contributed by atoms with van der Waals surface area (Å²) in [6.07, 6.45) is 7.50. The first kappa shape index (κ1) is 30.0. The number of aliphatic hydroxyl groups is 1. The molecule has 0 bridgehead atoms. The van der Waals surface area contributed by atoms with Crippen molar-refractivity contribution in [3.63, 3.8) is 0 Å². The number of nitrogens with zero attached hydrogens (tertiary/aromatic N) is 3. The topological polar surface area (TPSA) is 121 Å². The minimum atomic E-state index is -3.87. The van der Waals surface area contributed by atoms with Crippen LogP contribution in [0.5, 0.6) is 5.75 Å². The molecule has 46 heavy (non-hydrogen) atoms. The van der Waals surface area contributed by atoms with Crippen LogP contribution >= 0.6 is 0 Å². The Hall–Kier alpha value is -3.41. The standard InChI is InChI=1S/C35H42N4O6S/c1-34(42)12-14-37(15-13-34)33(41)35-20-28(35)27-19-24(45-2)9-11-25(27)31-30(22-6-4-3-5-7-22)26-10-8-23(18-29(26)39(31)21-35)32(40)36-46(43,44)38-16-17-38/h8-11,18-19,22,28,42H,3-7,12-17,20-21H2,1-2H3,(H,36,40). The number of benzene rings is 2. The van der Waals surface area contributed by atoms with Crippen molar-refractivity contribution in [3.8, 4) is 17.0 Å². The Balaban J connectivity index is 1.30. The minimum Gasteiger partial charge on any atom is -0.497 e. The third kappa shape index (κ3) is 4.85. The fourth-order valence-corrected chi connectivity index (χ4v) is 9.49. The summed E-state index contributed by atoms with van der Waals surface area (Å²) >= 11 is 0. The van der Waals surface area contributed by atoms with Gasteiger partial charge in [0.1, 0.15) is 5.75 Å². The van der Waals surface area contributed by atoms with Crippen LogP contribution in [0.15, 0.2) is 36.4 Å². The Kier molecular flexibility index (Phi) is 6.87. The van der Waals surface area contributed by atoms with Gasteiger partial charge >= 0.3 is 10.2 Å². The molecule has 2 N–H and O–H groups in total. The SMILES string of the molecule is COc1ccc2c(c1)C1CC1(C(=O)N1CCC(C)(O)CC1)Cn1c-2c(C2CCCCC2)c2ccc(C(=O)NS(=O)(=O)N3CC3)cc21. The Morgan fingerprint density at radius 1 is 1.00 bits per heavy atom. The van der Waals surface area contributed by atoms with Crippen LogP contribution in [0.25, 0.3) is 22.2 Å². The number of likely N-dealkylation sites (tertiary alicyclic amines) is 1. The Morgan fingerprint density at radius 2 is 1.74 bits per heavy atom. The van der Waals surface area contributed by atoms with Crippen LogP contribution < -0.4 is 9.46 Å². The summed E-state index contributed by atoms with van der Waals surface area (Å²) in [6.45, 7) is 4.17. The molecule has 0 radical (unpaired) electrons. The van der Waals surface area contributed by atoms with Gasteiger partial charge in [-0.15, -0.1) is 0 Å². The van der Waals surface area contributed by atoms with Crippen molar-refractivity contribution < 1.29 is 27.9 Å². The highest BCUT2D eigenvalue weighted by molar-refractivity contribution is 7.88. The van der Waals surface area contributed by atoms with Crippen molar-refractivity contribution in [1.82, 2.24) is 18.5 Å². The highest BCUT2D eigenvalue weighted by Gasteiger charge is 2.64. The molecular formula is C35H42N4O6S. The van der Waals surface area contributed by atoms with E-state index in [2.05, 4.69) is 21.4 Å². The fraction of sp³-hybridized carbons (Fsp3) is 0.543. The highest BCUT2D eigenvalue weighted by atomic mass is 32.2. The maximum absolute atomic E-state index is 14.6. The lowest BCUT2D eigenvalue weighted by atomic mass is 9.81. The number of ether oxygens (including phenoxy) is 1. The van der Waals surface area contributed by atoms with Crippen molar-refractivity contribution in [2.75, 3.05) is 33.3 Å². The number of carbonyl (C=O) groups is 2. The molecule has 2 atom stereocenters. The average Bonchev–Trinajstić information content (AvgIpc) is 3.97. The van der Waals surface area contributed by atoms with Crippen molar-refractivity contribution in [1.29, 1.82) is 0 Å². The van der Waals surface area contributed by atoms with Gasteiger partial charge in [-0.2, -0.15) is 12.7 Å². The summed E-state index contributed by atoms with van der Waals surface area (Å²) in [4.78, 5) is 29.8. The molecule has 0 spiro atoms. The van der Waals surface area contributed by atoms with Gasteiger partial charge in [-0.1, -0.05) is 25.3 Å². The van der Waals surface area contributed by atoms with Crippen molar-refractivity contribution >= 4 is 32.9 Å². The number of rotatable bonds is 6. The molecule has 2 unspecified atom stereocenters. The number of fused-ring (bicyclic) bond motifs is 7. The molecule has 3 aliphatic heterocycles. The molecule has 4 heterocycles. The Bertz CT molecular complexity index is 1860. The molecule has 2 saturated heterocycles. The second-order valence-electron chi connectivity index (χ2n) is 14.4. The van der Waals surface area contributed by atoms with Gasteiger partial charge < -0.3 is 19.3 Å². The first-order valence-electron chi connectivity index (χ1n) is 16.7. The van der Waals surface area contributed by atoms with E-state index in [-0.39, 0.29) is 17.4 Å². The third-order valence-corrected chi connectivity index (χ3v) is 12.8. The summed E-state index contributed by atoms with van der Waals surface area (Å²) in [5.74, 6) is 0.588. The monoisotopic (exact) mass is 646 g/mol. The summed E-state index contributed by atoms with van der Waals surface area (Å²) in [5.41, 5.74) is 4.31.